The van der Waals surface area contributed by atoms with E-state index >= 15 is 0 Å². The van der Waals surface area contributed by atoms with Crippen molar-refractivity contribution in [2.45, 2.75) is 93.1 Å². The van der Waals surface area contributed by atoms with Gasteiger partial charge in [-0.3, -0.25) is 4.79 Å². The van der Waals surface area contributed by atoms with Crippen LogP contribution in [0.5, 0.6) is 11.5 Å². The lowest BCUT2D eigenvalue weighted by molar-refractivity contribution is -0.154. The maximum Gasteiger partial charge on any atom is 0.317 e. The summed E-state index contributed by atoms with van der Waals surface area (Å²) in [4.78, 5) is 13.2. The molecule has 0 spiro atoms. The number of esters is 1. The van der Waals surface area contributed by atoms with E-state index in [1.165, 1.54) is 32.1 Å². The fraction of sp³-hybridized carbons (Fsp3) is 0.759. The summed E-state index contributed by atoms with van der Waals surface area (Å²) in [5, 5.41) is 0. The lowest BCUT2D eigenvalue weighted by Crippen LogP contribution is -2.45. The van der Waals surface area contributed by atoms with Crippen molar-refractivity contribution in [3.63, 3.8) is 0 Å². The van der Waals surface area contributed by atoms with Crippen LogP contribution in [0, 0.1) is 39.9 Å². The van der Waals surface area contributed by atoms with E-state index in [1.807, 2.05) is 31.2 Å². The molecule has 4 heteroatoms. The molecule has 33 heavy (non-hydrogen) atoms. The van der Waals surface area contributed by atoms with Crippen molar-refractivity contribution in [3.05, 3.63) is 24.3 Å². The van der Waals surface area contributed by atoms with Crippen LogP contribution in [-0.2, 0) is 9.53 Å². The number of fused-ring (bicyclic) bond motifs is 5. The Balaban J connectivity index is 1.29. The minimum atomic E-state index is -0.590. The third-order valence-electron chi connectivity index (χ3n) is 8.90. The van der Waals surface area contributed by atoms with Gasteiger partial charge in [0.25, 0.3) is 0 Å². The average molecular weight is 457 g/mol. The molecule has 0 N–H and O–H groups in total. The van der Waals surface area contributed by atoms with E-state index in [9.17, 15) is 4.79 Å². The molecule has 0 aliphatic heterocycles. The Morgan fingerprint density at radius 2 is 1.52 bits per heavy atom. The monoisotopic (exact) mass is 456 g/mol. The van der Waals surface area contributed by atoms with E-state index in [0.717, 1.165) is 35.8 Å². The van der Waals surface area contributed by atoms with Crippen LogP contribution in [0.4, 0.5) is 0 Å². The Hall–Kier alpha value is -1.55. The highest BCUT2D eigenvalue weighted by Crippen LogP contribution is 2.59. The summed E-state index contributed by atoms with van der Waals surface area (Å²) >= 11 is 0. The standard InChI is InChI=1S/C29H44O4/c1-27(2,3)17-29(7,28(4,5)6)26(30)33-21-13-11-20(12-14-21)31-18-32-25-16-19-15-24(25)23-10-8-9-22(19)23/h11-14,19,22-25H,8-10,15-18H2,1-7H3. The first-order valence-corrected chi connectivity index (χ1v) is 12.9. The molecule has 0 radical (unpaired) electrons. The van der Waals surface area contributed by atoms with Crippen LogP contribution in [-0.4, -0.2) is 18.9 Å². The molecule has 0 aromatic heterocycles. The number of benzene rings is 1. The molecule has 0 heterocycles. The highest BCUT2D eigenvalue weighted by atomic mass is 16.7. The number of ether oxygens (including phenoxy) is 3. The average Bonchev–Trinajstić information content (AvgIpc) is 3.40. The summed E-state index contributed by atoms with van der Waals surface area (Å²) in [5.41, 5.74) is -0.778. The van der Waals surface area contributed by atoms with Crippen molar-refractivity contribution in [1.29, 1.82) is 0 Å². The second-order valence-corrected chi connectivity index (χ2v) is 13.3. The normalized spacial score (nSPS) is 30.7. The maximum atomic E-state index is 13.2. The molecule has 6 atom stereocenters. The van der Waals surface area contributed by atoms with E-state index in [-0.39, 0.29) is 23.6 Å². The van der Waals surface area contributed by atoms with E-state index in [4.69, 9.17) is 14.2 Å². The number of carbonyl (C=O) groups excluding carboxylic acids is 1. The lowest BCUT2D eigenvalue weighted by Gasteiger charge is -2.43. The van der Waals surface area contributed by atoms with Gasteiger partial charge in [-0.05, 0) is 97.8 Å². The van der Waals surface area contributed by atoms with Crippen molar-refractivity contribution >= 4 is 5.97 Å². The molecule has 4 rings (SSSR count). The number of hydrogen-bond donors (Lipinski definition) is 0. The van der Waals surface area contributed by atoms with Gasteiger partial charge in [-0.1, -0.05) is 48.0 Å². The van der Waals surface area contributed by atoms with Crippen LogP contribution < -0.4 is 9.47 Å². The molecule has 1 aromatic carbocycles. The molecule has 3 aliphatic rings. The van der Waals surface area contributed by atoms with Crippen LogP contribution in [0.1, 0.15) is 87.0 Å². The first-order valence-electron chi connectivity index (χ1n) is 12.9. The Bertz CT molecular complexity index is 831. The molecule has 1 aromatic rings. The van der Waals surface area contributed by atoms with Crippen LogP contribution in [0.3, 0.4) is 0 Å². The first-order chi connectivity index (χ1) is 15.4. The van der Waals surface area contributed by atoms with Crippen LogP contribution in [0.15, 0.2) is 24.3 Å². The van der Waals surface area contributed by atoms with Gasteiger partial charge < -0.3 is 14.2 Å². The second-order valence-electron chi connectivity index (χ2n) is 13.3. The number of rotatable bonds is 7. The van der Waals surface area contributed by atoms with Gasteiger partial charge in [0.1, 0.15) is 11.5 Å². The van der Waals surface area contributed by atoms with Gasteiger partial charge in [-0.25, -0.2) is 0 Å². The predicted octanol–water partition coefficient (Wildman–Crippen LogP) is 7.26. The molecule has 2 bridgehead atoms. The number of carbonyl (C=O) groups is 1. The second kappa shape index (κ2) is 8.91. The zero-order valence-electron chi connectivity index (χ0n) is 21.8. The Labute approximate surface area is 200 Å². The van der Waals surface area contributed by atoms with E-state index in [2.05, 4.69) is 41.5 Å². The quantitative estimate of drug-likeness (QED) is 0.246. The largest absolute Gasteiger partial charge is 0.468 e. The summed E-state index contributed by atoms with van der Waals surface area (Å²) in [5.74, 6) is 4.64. The summed E-state index contributed by atoms with van der Waals surface area (Å²) in [6.45, 7) is 15.2. The van der Waals surface area contributed by atoms with Gasteiger partial charge >= 0.3 is 5.97 Å². The fourth-order valence-corrected chi connectivity index (χ4v) is 6.91. The van der Waals surface area contributed by atoms with Gasteiger partial charge in [-0.15, -0.1) is 0 Å². The van der Waals surface area contributed by atoms with Gasteiger partial charge in [0.2, 0.25) is 0 Å². The minimum Gasteiger partial charge on any atom is -0.468 e. The van der Waals surface area contributed by atoms with Crippen molar-refractivity contribution in [1.82, 2.24) is 0 Å². The molecular weight excluding hydrogens is 412 g/mol. The minimum absolute atomic E-state index is 0.0240. The van der Waals surface area contributed by atoms with Crippen molar-refractivity contribution in [3.8, 4) is 11.5 Å². The maximum absolute atomic E-state index is 13.2. The first kappa shape index (κ1) is 24.6. The van der Waals surface area contributed by atoms with Crippen molar-refractivity contribution in [2.75, 3.05) is 6.79 Å². The smallest absolute Gasteiger partial charge is 0.317 e. The van der Waals surface area contributed by atoms with Gasteiger partial charge in [-0.2, -0.15) is 0 Å². The van der Waals surface area contributed by atoms with Crippen LogP contribution >= 0.6 is 0 Å². The highest BCUT2D eigenvalue weighted by molar-refractivity contribution is 5.79. The molecule has 184 valence electrons. The molecule has 0 saturated heterocycles. The highest BCUT2D eigenvalue weighted by Gasteiger charge is 2.54. The number of hydrogen-bond acceptors (Lipinski definition) is 4. The SMILES string of the molecule is CC(C)(C)CC(C)(C(=O)Oc1ccc(OCOC2CC3CC2C2CCCC32)cc1)C(C)(C)C. The zero-order valence-corrected chi connectivity index (χ0v) is 21.8. The Kier molecular flexibility index (Phi) is 6.63. The lowest BCUT2D eigenvalue weighted by atomic mass is 9.61. The summed E-state index contributed by atoms with van der Waals surface area (Å²) in [7, 11) is 0. The molecular formula is C29H44O4. The third-order valence-corrected chi connectivity index (χ3v) is 8.90. The fourth-order valence-electron chi connectivity index (χ4n) is 6.91. The summed E-state index contributed by atoms with van der Waals surface area (Å²) in [6, 6.07) is 7.35. The summed E-state index contributed by atoms with van der Waals surface area (Å²) < 4.78 is 17.9. The third kappa shape index (κ3) is 5.11. The molecule has 6 unspecified atom stereocenters. The molecule has 3 fully saturated rings. The van der Waals surface area contributed by atoms with Crippen molar-refractivity contribution < 1.29 is 19.0 Å². The van der Waals surface area contributed by atoms with Crippen LogP contribution in [0.2, 0.25) is 0 Å². The zero-order chi connectivity index (χ0) is 24.0. The molecule has 4 nitrogen and oxygen atoms in total. The topological polar surface area (TPSA) is 44.8 Å². The Morgan fingerprint density at radius 3 is 2.15 bits per heavy atom. The van der Waals surface area contributed by atoms with Gasteiger partial charge in [0.05, 0.1) is 11.5 Å². The molecule has 3 saturated carbocycles. The van der Waals surface area contributed by atoms with E-state index in [0.29, 0.717) is 11.9 Å². The van der Waals surface area contributed by atoms with E-state index in [1.54, 1.807) is 0 Å². The van der Waals surface area contributed by atoms with Crippen molar-refractivity contribution in [2.24, 2.45) is 39.9 Å². The van der Waals surface area contributed by atoms with Crippen LogP contribution in [0.25, 0.3) is 0 Å². The van der Waals surface area contributed by atoms with E-state index < -0.39 is 5.41 Å². The Morgan fingerprint density at radius 1 is 0.879 bits per heavy atom. The van der Waals surface area contributed by atoms with Gasteiger partial charge in [0.15, 0.2) is 6.79 Å². The van der Waals surface area contributed by atoms with Gasteiger partial charge in [0, 0.05) is 0 Å². The molecule has 3 aliphatic carbocycles. The summed E-state index contributed by atoms with van der Waals surface area (Å²) in [6.07, 6.45) is 7.95. The molecule has 0 amide bonds. The predicted molar refractivity (Wildman–Crippen MR) is 131 cm³/mol.